The van der Waals surface area contributed by atoms with Crippen molar-refractivity contribution in [3.05, 3.63) is 65.7 Å². The van der Waals surface area contributed by atoms with Crippen molar-refractivity contribution in [2.45, 2.75) is 95.5 Å². The predicted molar refractivity (Wildman–Crippen MR) is 209 cm³/mol. The summed E-state index contributed by atoms with van der Waals surface area (Å²) in [7, 11) is 0. The molecule has 10 N–H and O–H groups in total. The number of aliphatic hydroxyl groups is 1. The minimum atomic E-state index is -1.52. The standard InChI is InChI=1S/C40H54N8O10/c1-4-23(3)34-39(57)46-30(21-49)40(58)48-20-22(2)16-31(48)38(56)45-29(17-24-8-6-5-7-9-24)37(55)44-28(18-25-10-12-26(50)13-11-25)35(53)42-19-33(52)43-27(36(54)47-34)14-15-32(41)51/h5-13,22-23,27-31,34,49-50H,4,14-21H2,1-3H3,(H2,41,51)(H,42,53)(H,43,52)(H,44,55)(H,45,56)(H,46,57)(H,47,54)/t22-,23-,27+,28-,29-,30-,31-,34-/m0/s1. The number of aromatic hydroxyl groups is 1. The molecule has 0 spiro atoms. The number of aliphatic hydroxyl groups excluding tert-OH is 1. The average Bonchev–Trinajstić information content (AvgIpc) is 3.60. The Balaban J connectivity index is 1.76. The van der Waals surface area contributed by atoms with Gasteiger partial charge in [0.05, 0.1) is 13.2 Å². The molecule has 2 saturated heterocycles. The molecule has 4 rings (SSSR count). The fourth-order valence-electron chi connectivity index (χ4n) is 6.91. The van der Waals surface area contributed by atoms with Crippen LogP contribution >= 0.6 is 0 Å². The zero-order chi connectivity index (χ0) is 42.5. The Hall–Kier alpha value is -6.04. The van der Waals surface area contributed by atoms with Crippen molar-refractivity contribution in [2.24, 2.45) is 17.6 Å². The second-order valence-corrected chi connectivity index (χ2v) is 15.0. The Morgan fingerprint density at radius 2 is 1.36 bits per heavy atom. The molecule has 2 aliphatic rings. The number of primary amides is 1. The second-order valence-electron chi connectivity index (χ2n) is 15.0. The maximum atomic E-state index is 14.1. The molecule has 0 saturated carbocycles. The smallest absolute Gasteiger partial charge is 0.248 e. The van der Waals surface area contributed by atoms with Gasteiger partial charge in [-0.2, -0.15) is 0 Å². The van der Waals surface area contributed by atoms with Crippen molar-refractivity contribution in [3.8, 4) is 5.75 Å². The van der Waals surface area contributed by atoms with E-state index in [0.29, 0.717) is 17.5 Å². The van der Waals surface area contributed by atoms with E-state index in [1.807, 2.05) is 6.92 Å². The highest BCUT2D eigenvalue weighted by molar-refractivity contribution is 5.98. The van der Waals surface area contributed by atoms with E-state index in [0.717, 1.165) is 0 Å². The van der Waals surface area contributed by atoms with Crippen LogP contribution < -0.4 is 37.6 Å². The van der Waals surface area contributed by atoms with E-state index in [9.17, 15) is 48.6 Å². The number of amides is 8. The summed E-state index contributed by atoms with van der Waals surface area (Å²) in [5, 5.41) is 35.7. The summed E-state index contributed by atoms with van der Waals surface area (Å²) in [5.41, 5.74) is 6.55. The van der Waals surface area contributed by atoms with Crippen molar-refractivity contribution in [2.75, 3.05) is 19.7 Å². The Kier molecular flexibility index (Phi) is 16.1. The topological polar surface area (TPSA) is 278 Å². The van der Waals surface area contributed by atoms with Crippen molar-refractivity contribution in [1.29, 1.82) is 0 Å². The molecular formula is C40H54N8O10. The van der Waals surface area contributed by atoms with E-state index in [4.69, 9.17) is 5.73 Å². The number of carbonyl (C=O) groups is 8. The highest BCUT2D eigenvalue weighted by Crippen LogP contribution is 2.25. The van der Waals surface area contributed by atoms with Crippen molar-refractivity contribution < 1.29 is 48.6 Å². The lowest BCUT2D eigenvalue weighted by Gasteiger charge is -2.31. The maximum absolute atomic E-state index is 14.1. The molecule has 8 amide bonds. The fraction of sp³-hybridized carbons (Fsp3) is 0.500. The minimum Gasteiger partial charge on any atom is -0.508 e. The first-order valence-corrected chi connectivity index (χ1v) is 19.4. The van der Waals surface area contributed by atoms with Gasteiger partial charge >= 0.3 is 0 Å². The number of benzene rings is 2. The number of hydrogen-bond donors (Lipinski definition) is 9. The first-order chi connectivity index (χ1) is 27.6. The number of phenols is 1. The normalized spacial score (nSPS) is 26.1. The molecule has 0 aromatic heterocycles. The first-order valence-electron chi connectivity index (χ1n) is 19.4. The number of fused-ring (bicyclic) bond motifs is 1. The van der Waals surface area contributed by atoms with Gasteiger partial charge in [0.2, 0.25) is 47.3 Å². The van der Waals surface area contributed by atoms with Gasteiger partial charge in [0.15, 0.2) is 0 Å². The third kappa shape index (κ3) is 12.5. The molecule has 2 aromatic carbocycles. The van der Waals surface area contributed by atoms with E-state index in [1.165, 1.54) is 17.0 Å². The summed E-state index contributed by atoms with van der Waals surface area (Å²) >= 11 is 0. The van der Waals surface area contributed by atoms with Crippen LogP contribution in [0, 0.1) is 11.8 Å². The van der Waals surface area contributed by atoms with Gasteiger partial charge in [-0.05, 0) is 47.9 Å². The van der Waals surface area contributed by atoms with Gasteiger partial charge in [-0.3, -0.25) is 38.4 Å². The molecule has 2 aliphatic heterocycles. The monoisotopic (exact) mass is 806 g/mol. The summed E-state index contributed by atoms with van der Waals surface area (Å²) < 4.78 is 0. The van der Waals surface area contributed by atoms with Crippen molar-refractivity contribution >= 4 is 47.3 Å². The number of nitrogens with zero attached hydrogens (tertiary/aromatic N) is 1. The van der Waals surface area contributed by atoms with E-state index >= 15 is 0 Å². The summed E-state index contributed by atoms with van der Waals surface area (Å²) in [5.74, 6) is -7.01. The third-order valence-corrected chi connectivity index (χ3v) is 10.4. The summed E-state index contributed by atoms with van der Waals surface area (Å²) in [6, 6.07) is 6.84. The van der Waals surface area contributed by atoms with Gasteiger partial charge in [0.1, 0.15) is 42.0 Å². The maximum Gasteiger partial charge on any atom is 0.248 e. The number of phenolic OH excluding ortho intramolecular Hbond substituents is 1. The molecular weight excluding hydrogens is 752 g/mol. The molecule has 58 heavy (non-hydrogen) atoms. The lowest BCUT2D eigenvalue weighted by molar-refractivity contribution is -0.143. The van der Waals surface area contributed by atoms with Gasteiger partial charge < -0.3 is 52.7 Å². The van der Waals surface area contributed by atoms with Crippen LogP contribution in [0.25, 0.3) is 0 Å². The number of nitrogens with two attached hydrogens (primary N) is 1. The fourth-order valence-corrected chi connectivity index (χ4v) is 6.91. The number of hydrogen-bond acceptors (Lipinski definition) is 10. The van der Waals surface area contributed by atoms with Crippen molar-refractivity contribution in [1.82, 2.24) is 36.8 Å². The van der Waals surface area contributed by atoms with Gasteiger partial charge in [-0.15, -0.1) is 0 Å². The molecule has 18 heteroatoms. The van der Waals surface area contributed by atoms with Crippen LogP contribution in [0.2, 0.25) is 0 Å². The Labute approximate surface area is 336 Å². The third-order valence-electron chi connectivity index (χ3n) is 10.4. The first kappa shape index (κ1) is 44.7. The second kappa shape index (κ2) is 20.9. The predicted octanol–water partition coefficient (Wildman–Crippen LogP) is -1.73. The number of rotatable bonds is 10. The lowest BCUT2D eigenvalue weighted by atomic mass is 9.97. The highest BCUT2D eigenvalue weighted by Gasteiger charge is 2.42. The Morgan fingerprint density at radius 3 is 1.98 bits per heavy atom. The summed E-state index contributed by atoms with van der Waals surface area (Å²) in [6.45, 7) is 3.85. The molecule has 0 bridgehead atoms. The van der Waals surface area contributed by atoms with Crippen LogP contribution in [0.1, 0.15) is 57.6 Å². The van der Waals surface area contributed by atoms with Crippen LogP contribution in [-0.2, 0) is 51.2 Å². The Morgan fingerprint density at radius 1 is 0.776 bits per heavy atom. The SMILES string of the molecule is CC[C@H](C)[C@@H]1NC(=O)[C@@H](CCC(N)=O)NC(=O)CNC(=O)[C@H](Cc2ccc(O)cc2)NC(=O)[C@H](Cc2ccccc2)NC(=O)[C@@H]2C[C@H](C)CN2C(=O)[C@H](CO)NC1=O. The van der Waals surface area contributed by atoms with Crippen LogP contribution in [0.15, 0.2) is 54.6 Å². The number of nitrogens with one attached hydrogen (secondary N) is 6. The molecule has 18 nitrogen and oxygen atoms in total. The van der Waals surface area contributed by atoms with E-state index < -0.39 is 103 Å². The summed E-state index contributed by atoms with van der Waals surface area (Å²) in [4.78, 5) is 110. The van der Waals surface area contributed by atoms with Crippen LogP contribution in [0.5, 0.6) is 5.75 Å². The molecule has 314 valence electrons. The summed E-state index contributed by atoms with van der Waals surface area (Å²) in [6.07, 6.45) is -0.101. The zero-order valence-electron chi connectivity index (χ0n) is 32.9. The van der Waals surface area contributed by atoms with Crippen LogP contribution in [0.4, 0.5) is 0 Å². The van der Waals surface area contributed by atoms with E-state index in [-0.39, 0.29) is 50.3 Å². The molecule has 2 heterocycles. The largest absolute Gasteiger partial charge is 0.508 e. The Bertz CT molecular complexity index is 1810. The molecule has 0 aliphatic carbocycles. The van der Waals surface area contributed by atoms with Crippen LogP contribution in [-0.4, -0.2) is 118 Å². The van der Waals surface area contributed by atoms with Gasteiger partial charge in [0, 0.05) is 25.8 Å². The number of carbonyl (C=O) groups excluding carboxylic acids is 8. The molecule has 2 aromatic rings. The average molecular weight is 807 g/mol. The van der Waals surface area contributed by atoms with Gasteiger partial charge in [-0.25, -0.2) is 0 Å². The zero-order valence-corrected chi connectivity index (χ0v) is 32.9. The van der Waals surface area contributed by atoms with Crippen molar-refractivity contribution in [3.63, 3.8) is 0 Å². The lowest BCUT2D eigenvalue weighted by Crippen LogP contribution is -2.61. The molecule has 8 atom stereocenters. The van der Waals surface area contributed by atoms with Crippen LogP contribution in [0.3, 0.4) is 0 Å². The molecule has 2 fully saturated rings. The molecule has 0 unspecified atom stereocenters. The minimum absolute atomic E-state index is 0.00929. The van der Waals surface area contributed by atoms with Gasteiger partial charge in [-0.1, -0.05) is 69.7 Å². The quantitative estimate of drug-likeness (QED) is 0.131. The van der Waals surface area contributed by atoms with E-state index in [1.54, 1.807) is 56.3 Å². The highest BCUT2D eigenvalue weighted by atomic mass is 16.3. The van der Waals surface area contributed by atoms with E-state index in [2.05, 4.69) is 31.9 Å². The van der Waals surface area contributed by atoms with Gasteiger partial charge in [0.25, 0.3) is 0 Å². The molecule has 0 radical (unpaired) electrons.